The van der Waals surface area contributed by atoms with E-state index in [0.717, 1.165) is 4.68 Å². The molecular weight excluding hydrogens is 246 g/mol. The molecule has 18 heavy (non-hydrogen) atoms. The fourth-order valence-corrected chi connectivity index (χ4v) is 1.68. The molecule has 100 valence electrons. The van der Waals surface area contributed by atoms with Crippen molar-refractivity contribution in [3.8, 4) is 0 Å². The molecule has 1 saturated heterocycles. The molecule has 1 aromatic rings. The minimum absolute atomic E-state index is 0.185. The largest absolute Gasteiger partial charge is 0.463 e. The smallest absolute Gasteiger partial charge is 0.377 e. The first-order chi connectivity index (χ1) is 8.58. The van der Waals surface area contributed by atoms with Crippen molar-refractivity contribution in [2.24, 2.45) is 0 Å². The lowest BCUT2D eigenvalue weighted by molar-refractivity contribution is -0.0589. The number of carbonyl (C=O) groups excluding carboxylic acids is 1. The average Bonchev–Trinajstić information content (AvgIpc) is 2.96. The number of ether oxygens (including phenoxy) is 2. The van der Waals surface area contributed by atoms with Crippen LogP contribution in [0.15, 0.2) is 6.33 Å². The molecule has 2 heterocycles. The van der Waals surface area contributed by atoms with Crippen molar-refractivity contribution >= 4 is 5.97 Å². The molecule has 9 heteroatoms. The third-order valence-electron chi connectivity index (χ3n) is 2.65. The standard InChI is InChI=1S/C9H13N3O6/c1-17-9(16)7-10-3-12(11-7)8-6(15)5(14)4(2-13)18-8/h3-6,8,13-15H,2H2,1H3/t4-,5-,6-,8+/m0/s1. The Kier molecular flexibility index (Phi) is 3.57. The van der Waals surface area contributed by atoms with Crippen LogP contribution in [0.2, 0.25) is 0 Å². The molecule has 1 fully saturated rings. The summed E-state index contributed by atoms with van der Waals surface area (Å²) in [5, 5.41) is 32.0. The Morgan fingerprint density at radius 3 is 2.83 bits per heavy atom. The summed E-state index contributed by atoms with van der Waals surface area (Å²) in [6, 6.07) is 0. The zero-order valence-corrected chi connectivity index (χ0v) is 9.50. The van der Waals surface area contributed by atoms with Crippen molar-refractivity contribution in [1.29, 1.82) is 0 Å². The second-order valence-electron chi connectivity index (χ2n) is 3.77. The maximum absolute atomic E-state index is 11.2. The van der Waals surface area contributed by atoms with Crippen LogP contribution in [-0.4, -0.2) is 68.1 Å². The fourth-order valence-electron chi connectivity index (χ4n) is 1.68. The van der Waals surface area contributed by atoms with Gasteiger partial charge in [0, 0.05) is 0 Å². The van der Waals surface area contributed by atoms with Crippen LogP contribution in [-0.2, 0) is 9.47 Å². The van der Waals surface area contributed by atoms with Gasteiger partial charge in [-0.05, 0) is 0 Å². The number of hydrogen-bond donors (Lipinski definition) is 3. The van der Waals surface area contributed by atoms with Crippen LogP contribution >= 0.6 is 0 Å². The number of methoxy groups -OCH3 is 1. The van der Waals surface area contributed by atoms with E-state index in [4.69, 9.17) is 9.84 Å². The van der Waals surface area contributed by atoms with Crippen LogP contribution in [0.1, 0.15) is 16.8 Å². The van der Waals surface area contributed by atoms with E-state index < -0.39 is 37.1 Å². The van der Waals surface area contributed by atoms with Gasteiger partial charge in [0.25, 0.3) is 5.82 Å². The number of aliphatic hydroxyl groups excluding tert-OH is 3. The molecule has 4 atom stereocenters. The zero-order chi connectivity index (χ0) is 13.3. The van der Waals surface area contributed by atoms with E-state index in [0.29, 0.717) is 0 Å². The van der Waals surface area contributed by atoms with E-state index in [1.807, 2.05) is 0 Å². The molecule has 0 aliphatic carbocycles. The van der Waals surface area contributed by atoms with Crippen LogP contribution in [0.3, 0.4) is 0 Å². The Bertz CT molecular complexity index is 436. The van der Waals surface area contributed by atoms with Gasteiger partial charge < -0.3 is 24.8 Å². The molecule has 0 aromatic carbocycles. The molecule has 0 bridgehead atoms. The van der Waals surface area contributed by atoms with Gasteiger partial charge in [-0.1, -0.05) is 0 Å². The highest BCUT2D eigenvalue weighted by Crippen LogP contribution is 2.28. The molecule has 0 saturated carbocycles. The van der Waals surface area contributed by atoms with Gasteiger partial charge in [0.2, 0.25) is 0 Å². The van der Waals surface area contributed by atoms with Gasteiger partial charge in [0.05, 0.1) is 13.7 Å². The van der Waals surface area contributed by atoms with Crippen LogP contribution in [0.4, 0.5) is 0 Å². The lowest BCUT2D eigenvalue weighted by Gasteiger charge is -2.13. The van der Waals surface area contributed by atoms with Gasteiger partial charge in [0.1, 0.15) is 24.6 Å². The van der Waals surface area contributed by atoms with Gasteiger partial charge in [-0.15, -0.1) is 5.10 Å². The Hall–Kier alpha value is -1.55. The number of aromatic nitrogens is 3. The maximum Gasteiger partial charge on any atom is 0.377 e. The predicted molar refractivity (Wildman–Crippen MR) is 54.4 cm³/mol. The topological polar surface area (TPSA) is 127 Å². The number of aliphatic hydroxyl groups is 3. The number of hydrogen-bond acceptors (Lipinski definition) is 8. The van der Waals surface area contributed by atoms with Crippen molar-refractivity contribution in [2.45, 2.75) is 24.5 Å². The average molecular weight is 259 g/mol. The van der Waals surface area contributed by atoms with E-state index in [1.54, 1.807) is 0 Å². The maximum atomic E-state index is 11.2. The molecule has 0 radical (unpaired) electrons. The summed E-state index contributed by atoms with van der Waals surface area (Å²) in [4.78, 5) is 14.8. The second kappa shape index (κ2) is 4.98. The first-order valence-corrected chi connectivity index (χ1v) is 5.20. The van der Waals surface area contributed by atoms with Crippen molar-refractivity contribution < 1.29 is 29.6 Å². The molecule has 9 nitrogen and oxygen atoms in total. The van der Waals surface area contributed by atoms with Gasteiger partial charge in [-0.3, -0.25) is 0 Å². The Morgan fingerprint density at radius 1 is 1.56 bits per heavy atom. The number of esters is 1. The minimum Gasteiger partial charge on any atom is -0.463 e. The number of nitrogens with zero attached hydrogens (tertiary/aromatic N) is 3. The lowest BCUT2D eigenvalue weighted by atomic mass is 10.1. The third kappa shape index (κ3) is 2.08. The summed E-state index contributed by atoms with van der Waals surface area (Å²) in [7, 11) is 1.19. The summed E-state index contributed by atoms with van der Waals surface area (Å²) in [6.45, 7) is -0.437. The molecule has 0 amide bonds. The summed E-state index contributed by atoms with van der Waals surface area (Å²) in [6.07, 6.45) is -3.24. The first-order valence-electron chi connectivity index (χ1n) is 5.20. The third-order valence-corrected chi connectivity index (χ3v) is 2.65. The summed E-state index contributed by atoms with van der Waals surface area (Å²) < 4.78 is 10.7. The predicted octanol–water partition coefficient (Wildman–Crippen LogP) is -2.32. The van der Waals surface area contributed by atoms with Crippen molar-refractivity contribution in [3.63, 3.8) is 0 Å². The molecule has 1 aromatic heterocycles. The van der Waals surface area contributed by atoms with Gasteiger partial charge >= 0.3 is 5.97 Å². The Balaban J connectivity index is 2.17. The molecule has 0 spiro atoms. The monoisotopic (exact) mass is 259 g/mol. The highest BCUT2D eigenvalue weighted by atomic mass is 16.6. The normalized spacial score (nSPS) is 31.6. The van der Waals surface area contributed by atoms with Crippen molar-refractivity contribution in [3.05, 3.63) is 12.2 Å². The SMILES string of the molecule is COC(=O)c1ncn([C@@H]2O[C@@H](CO)[C@H](O)[C@@H]2O)n1. The van der Waals surface area contributed by atoms with Crippen LogP contribution < -0.4 is 0 Å². The van der Waals surface area contributed by atoms with Gasteiger partial charge in [-0.25, -0.2) is 14.5 Å². The van der Waals surface area contributed by atoms with E-state index in [9.17, 15) is 15.0 Å². The quantitative estimate of drug-likeness (QED) is 0.516. The van der Waals surface area contributed by atoms with E-state index in [1.165, 1.54) is 13.4 Å². The molecule has 2 rings (SSSR count). The highest BCUT2D eigenvalue weighted by Gasteiger charge is 2.44. The number of carbonyl (C=O) groups is 1. The lowest BCUT2D eigenvalue weighted by Crippen LogP contribution is -2.33. The summed E-state index contributed by atoms with van der Waals surface area (Å²) >= 11 is 0. The Morgan fingerprint density at radius 2 is 2.28 bits per heavy atom. The molecule has 0 unspecified atom stereocenters. The van der Waals surface area contributed by atoms with Crippen LogP contribution in [0.5, 0.6) is 0 Å². The van der Waals surface area contributed by atoms with Crippen LogP contribution in [0, 0.1) is 0 Å². The van der Waals surface area contributed by atoms with E-state index in [-0.39, 0.29) is 5.82 Å². The minimum atomic E-state index is -1.27. The zero-order valence-electron chi connectivity index (χ0n) is 9.50. The second-order valence-corrected chi connectivity index (χ2v) is 3.77. The van der Waals surface area contributed by atoms with Crippen molar-refractivity contribution in [2.75, 3.05) is 13.7 Å². The van der Waals surface area contributed by atoms with Gasteiger partial charge in [-0.2, -0.15) is 0 Å². The molecular formula is C9H13N3O6. The molecule has 1 aliphatic rings. The number of rotatable bonds is 3. The van der Waals surface area contributed by atoms with E-state index in [2.05, 4.69) is 14.8 Å². The summed E-state index contributed by atoms with van der Waals surface area (Å²) in [5.41, 5.74) is 0. The Labute approximate surface area is 102 Å². The highest BCUT2D eigenvalue weighted by molar-refractivity contribution is 5.84. The van der Waals surface area contributed by atoms with E-state index >= 15 is 0 Å². The first kappa shape index (κ1) is 12.9. The van der Waals surface area contributed by atoms with Crippen LogP contribution in [0.25, 0.3) is 0 Å². The molecule has 1 aliphatic heterocycles. The summed E-state index contributed by atoms with van der Waals surface area (Å²) in [5.74, 6) is -0.907. The molecule has 3 N–H and O–H groups in total. The fraction of sp³-hybridized carbons (Fsp3) is 0.667. The van der Waals surface area contributed by atoms with Crippen molar-refractivity contribution in [1.82, 2.24) is 14.8 Å². The van der Waals surface area contributed by atoms with Gasteiger partial charge in [0.15, 0.2) is 6.23 Å².